The predicted octanol–water partition coefficient (Wildman–Crippen LogP) is 2.50. The molecule has 1 aromatic carbocycles. The molecule has 28 heavy (non-hydrogen) atoms. The number of carbonyl (C=O) groups is 1. The summed E-state index contributed by atoms with van der Waals surface area (Å²) in [4.78, 5) is 28.5. The molecule has 2 N–H and O–H groups in total. The maximum absolute atomic E-state index is 12.4. The molecule has 0 aliphatic heterocycles. The highest BCUT2D eigenvalue weighted by Crippen LogP contribution is 2.33. The Bertz CT molecular complexity index is 980. The van der Waals surface area contributed by atoms with Crippen molar-refractivity contribution in [3.8, 4) is 0 Å². The number of nitrogens with one attached hydrogen (secondary N) is 1. The summed E-state index contributed by atoms with van der Waals surface area (Å²) >= 11 is 0. The van der Waals surface area contributed by atoms with Crippen molar-refractivity contribution >= 4 is 21.8 Å². The molecule has 9 heteroatoms. The van der Waals surface area contributed by atoms with E-state index in [1.54, 1.807) is 41.1 Å². The summed E-state index contributed by atoms with van der Waals surface area (Å²) < 4.78 is 32.2. The molecule has 0 atom stereocenters. The standard InChI is InChI=1S/C19H23N3O5S/c23-18(15-4-2-1-3-5-15)20-17-10-12-22(19(24)21-17)16-8-6-14(7-9-16)11-13-28(25,26)27/h1-5,10,12,14,16H,6-9,11,13H2,(H,25,26,27)(H,20,21,23,24). The van der Waals surface area contributed by atoms with Crippen molar-refractivity contribution in [1.29, 1.82) is 0 Å². The van der Waals surface area contributed by atoms with Crippen molar-refractivity contribution in [3.63, 3.8) is 0 Å². The van der Waals surface area contributed by atoms with Crippen LogP contribution >= 0.6 is 0 Å². The van der Waals surface area contributed by atoms with Gasteiger partial charge in [-0.3, -0.25) is 13.9 Å². The maximum atomic E-state index is 12.4. The Hall–Kier alpha value is -2.52. The summed E-state index contributed by atoms with van der Waals surface area (Å²) in [6.07, 6.45) is 5.14. The molecule has 0 radical (unpaired) electrons. The highest BCUT2D eigenvalue weighted by atomic mass is 32.2. The summed E-state index contributed by atoms with van der Waals surface area (Å²) in [5.74, 6) is -0.118. The Labute approximate surface area is 163 Å². The van der Waals surface area contributed by atoms with Gasteiger partial charge in [-0.15, -0.1) is 0 Å². The number of anilines is 1. The molecule has 0 saturated heterocycles. The molecule has 1 fully saturated rings. The summed E-state index contributed by atoms with van der Waals surface area (Å²) in [5, 5.41) is 2.62. The van der Waals surface area contributed by atoms with E-state index in [1.165, 1.54) is 0 Å². The average Bonchev–Trinajstić information content (AvgIpc) is 2.67. The van der Waals surface area contributed by atoms with Gasteiger partial charge in [0.25, 0.3) is 16.0 Å². The first kappa shape index (κ1) is 20.2. The third-order valence-electron chi connectivity index (χ3n) is 5.10. The van der Waals surface area contributed by atoms with Crippen LogP contribution in [0.1, 0.15) is 48.5 Å². The zero-order chi connectivity index (χ0) is 20.1. The van der Waals surface area contributed by atoms with Gasteiger partial charge in [-0.05, 0) is 56.2 Å². The lowest BCUT2D eigenvalue weighted by Gasteiger charge is -2.29. The first-order valence-electron chi connectivity index (χ1n) is 9.22. The Morgan fingerprint density at radius 2 is 1.82 bits per heavy atom. The van der Waals surface area contributed by atoms with Crippen molar-refractivity contribution in [2.75, 3.05) is 11.1 Å². The van der Waals surface area contributed by atoms with Crippen LogP contribution in [0.2, 0.25) is 0 Å². The van der Waals surface area contributed by atoms with Gasteiger partial charge in [-0.2, -0.15) is 13.4 Å². The van der Waals surface area contributed by atoms with Crippen LogP contribution in [0.3, 0.4) is 0 Å². The molecule has 3 rings (SSSR count). The fraction of sp³-hybridized carbons (Fsp3) is 0.421. The minimum absolute atomic E-state index is 0.000795. The number of hydrogen-bond donors (Lipinski definition) is 2. The fourth-order valence-electron chi connectivity index (χ4n) is 3.57. The molecular weight excluding hydrogens is 382 g/mol. The van der Waals surface area contributed by atoms with Crippen molar-refractivity contribution in [3.05, 3.63) is 58.6 Å². The lowest BCUT2D eigenvalue weighted by Crippen LogP contribution is -2.30. The van der Waals surface area contributed by atoms with Gasteiger partial charge < -0.3 is 5.32 Å². The van der Waals surface area contributed by atoms with E-state index in [0.29, 0.717) is 12.0 Å². The highest BCUT2D eigenvalue weighted by molar-refractivity contribution is 7.85. The SMILES string of the molecule is O=C(Nc1ccn(C2CCC(CCS(=O)(=O)O)CC2)c(=O)n1)c1ccccc1. The minimum Gasteiger partial charge on any atom is -0.306 e. The molecule has 1 amide bonds. The van der Waals surface area contributed by atoms with E-state index in [4.69, 9.17) is 4.55 Å². The third-order valence-corrected chi connectivity index (χ3v) is 5.85. The second-order valence-corrected chi connectivity index (χ2v) is 8.64. The lowest BCUT2D eigenvalue weighted by atomic mass is 9.84. The molecule has 1 saturated carbocycles. The lowest BCUT2D eigenvalue weighted by molar-refractivity contribution is 0.102. The molecular formula is C19H23N3O5S. The number of carbonyl (C=O) groups excluding carboxylic acids is 1. The van der Waals surface area contributed by atoms with Crippen LogP contribution in [0.5, 0.6) is 0 Å². The van der Waals surface area contributed by atoms with Gasteiger partial charge in [0.2, 0.25) is 0 Å². The first-order valence-corrected chi connectivity index (χ1v) is 10.8. The molecule has 0 bridgehead atoms. The van der Waals surface area contributed by atoms with Gasteiger partial charge in [0.05, 0.1) is 5.75 Å². The first-order chi connectivity index (χ1) is 13.3. The largest absolute Gasteiger partial charge is 0.349 e. The number of aromatic nitrogens is 2. The molecule has 1 aromatic heterocycles. The van der Waals surface area contributed by atoms with E-state index in [-0.39, 0.29) is 29.4 Å². The normalized spacial score (nSPS) is 19.9. The third kappa shape index (κ3) is 5.49. The summed E-state index contributed by atoms with van der Waals surface area (Å²) in [6.45, 7) is 0. The van der Waals surface area contributed by atoms with Crippen LogP contribution in [0.15, 0.2) is 47.4 Å². The molecule has 0 spiro atoms. The molecule has 1 aliphatic carbocycles. The van der Waals surface area contributed by atoms with Gasteiger partial charge in [0.1, 0.15) is 5.82 Å². The molecule has 150 valence electrons. The average molecular weight is 405 g/mol. The predicted molar refractivity (Wildman–Crippen MR) is 105 cm³/mol. The van der Waals surface area contributed by atoms with Crippen molar-refractivity contribution in [2.24, 2.45) is 5.92 Å². The highest BCUT2D eigenvalue weighted by Gasteiger charge is 2.24. The zero-order valence-electron chi connectivity index (χ0n) is 15.3. The Morgan fingerprint density at radius 3 is 2.43 bits per heavy atom. The Morgan fingerprint density at radius 1 is 1.14 bits per heavy atom. The minimum atomic E-state index is -3.93. The van der Waals surface area contributed by atoms with Gasteiger partial charge in [0.15, 0.2) is 0 Å². The number of benzene rings is 1. The van der Waals surface area contributed by atoms with Gasteiger partial charge in [-0.1, -0.05) is 18.2 Å². The van der Waals surface area contributed by atoms with Crippen molar-refractivity contribution in [1.82, 2.24) is 9.55 Å². The van der Waals surface area contributed by atoms with Crippen LogP contribution in [0, 0.1) is 5.92 Å². The molecule has 8 nitrogen and oxygen atoms in total. The Kier molecular flexibility index (Phi) is 6.25. The van der Waals surface area contributed by atoms with E-state index < -0.39 is 15.8 Å². The molecule has 2 aromatic rings. The quantitative estimate of drug-likeness (QED) is 0.713. The topological polar surface area (TPSA) is 118 Å². The van der Waals surface area contributed by atoms with Gasteiger partial charge in [-0.25, -0.2) is 4.79 Å². The second kappa shape index (κ2) is 8.66. The van der Waals surface area contributed by atoms with Crippen molar-refractivity contribution < 1.29 is 17.8 Å². The van der Waals surface area contributed by atoms with Gasteiger partial charge >= 0.3 is 5.69 Å². The van der Waals surface area contributed by atoms with Crippen LogP contribution in [-0.2, 0) is 10.1 Å². The summed E-state index contributed by atoms with van der Waals surface area (Å²) in [6, 6.07) is 10.3. The number of amides is 1. The van der Waals surface area contributed by atoms with Crippen LogP contribution < -0.4 is 11.0 Å². The summed E-state index contributed by atoms with van der Waals surface area (Å²) in [7, 11) is -3.93. The van der Waals surface area contributed by atoms with E-state index in [9.17, 15) is 18.0 Å². The van der Waals surface area contributed by atoms with E-state index in [2.05, 4.69) is 10.3 Å². The van der Waals surface area contributed by atoms with Crippen LogP contribution in [0.4, 0.5) is 5.82 Å². The second-order valence-electron chi connectivity index (χ2n) is 7.07. The van der Waals surface area contributed by atoms with Gasteiger partial charge in [0, 0.05) is 17.8 Å². The molecule has 0 unspecified atom stereocenters. The fourth-order valence-corrected chi connectivity index (χ4v) is 4.20. The molecule has 1 heterocycles. The number of rotatable bonds is 6. The van der Waals surface area contributed by atoms with E-state index in [1.807, 2.05) is 6.07 Å². The zero-order valence-corrected chi connectivity index (χ0v) is 16.1. The number of nitrogens with zero attached hydrogens (tertiary/aromatic N) is 2. The van der Waals surface area contributed by atoms with Crippen LogP contribution in [-0.4, -0.2) is 34.2 Å². The molecule has 1 aliphatic rings. The Balaban J connectivity index is 1.59. The van der Waals surface area contributed by atoms with Crippen LogP contribution in [0.25, 0.3) is 0 Å². The monoisotopic (exact) mass is 405 g/mol. The summed E-state index contributed by atoms with van der Waals surface area (Å²) in [5.41, 5.74) is 0.0592. The van der Waals surface area contributed by atoms with Crippen molar-refractivity contribution in [2.45, 2.75) is 38.1 Å². The van der Waals surface area contributed by atoms with E-state index >= 15 is 0 Å². The smallest absolute Gasteiger partial charge is 0.306 e. The maximum Gasteiger partial charge on any atom is 0.349 e. The van der Waals surface area contributed by atoms with E-state index in [0.717, 1.165) is 25.7 Å². The number of hydrogen-bond acceptors (Lipinski definition) is 5.